The van der Waals surface area contributed by atoms with Gasteiger partial charge in [0.25, 0.3) is 0 Å². The summed E-state index contributed by atoms with van der Waals surface area (Å²) in [5.74, 6) is 0. The van der Waals surface area contributed by atoms with E-state index in [2.05, 4.69) is 0 Å². The molecule has 0 aromatic heterocycles. The van der Waals surface area contributed by atoms with E-state index in [-0.39, 0.29) is 11.5 Å². The molecule has 0 heterocycles. The Bertz CT molecular complexity index is 194. The number of carbonyl (C=O) groups is 1. The average molecular weight is 170 g/mol. The van der Waals surface area contributed by atoms with Crippen LogP contribution in [0.2, 0.25) is 0 Å². The van der Waals surface area contributed by atoms with Gasteiger partial charge >= 0.3 is 6.16 Å². The smallest absolute Gasteiger partial charge is 0.450 e. The van der Waals surface area contributed by atoms with Crippen LogP contribution in [0.1, 0.15) is 38.5 Å². The molecule has 2 aliphatic carbocycles. The summed E-state index contributed by atoms with van der Waals surface area (Å²) in [6, 6.07) is 0. The van der Waals surface area contributed by atoms with Gasteiger partial charge in [0.05, 0.1) is 0 Å². The highest BCUT2D eigenvalue weighted by Gasteiger charge is 2.56. The topological polar surface area (TPSA) is 46.5 Å². The van der Waals surface area contributed by atoms with Crippen molar-refractivity contribution in [3.05, 3.63) is 0 Å². The van der Waals surface area contributed by atoms with Crippen molar-refractivity contribution in [3.63, 3.8) is 0 Å². The van der Waals surface area contributed by atoms with E-state index >= 15 is 0 Å². The molecule has 2 fully saturated rings. The Morgan fingerprint density at radius 3 is 2.58 bits per heavy atom. The maximum Gasteiger partial charge on any atom is 0.506 e. The number of carboxylic acid groups (broad SMARTS) is 1. The molecule has 1 spiro atoms. The fourth-order valence-corrected chi connectivity index (χ4v) is 2.38. The molecular weight excluding hydrogens is 156 g/mol. The van der Waals surface area contributed by atoms with Gasteiger partial charge < -0.3 is 9.84 Å². The number of hydrogen-bond acceptors (Lipinski definition) is 2. The van der Waals surface area contributed by atoms with Crippen LogP contribution < -0.4 is 0 Å². The summed E-state index contributed by atoms with van der Waals surface area (Å²) < 4.78 is 4.77. The molecule has 1 atom stereocenters. The van der Waals surface area contributed by atoms with Gasteiger partial charge in [-0.2, -0.15) is 0 Å². The lowest BCUT2D eigenvalue weighted by molar-refractivity contribution is 0.0661. The Hall–Kier alpha value is -0.730. The molecule has 0 saturated heterocycles. The summed E-state index contributed by atoms with van der Waals surface area (Å²) in [5.41, 5.74) is 0.274. The number of ether oxygens (including phenoxy) is 1. The van der Waals surface area contributed by atoms with E-state index in [9.17, 15) is 4.79 Å². The summed E-state index contributed by atoms with van der Waals surface area (Å²) >= 11 is 0. The Kier molecular flexibility index (Phi) is 1.74. The quantitative estimate of drug-likeness (QED) is 0.614. The van der Waals surface area contributed by atoms with E-state index < -0.39 is 6.16 Å². The van der Waals surface area contributed by atoms with Crippen molar-refractivity contribution in [1.82, 2.24) is 0 Å². The summed E-state index contributed by atoms with van der Waals surface area (Å²) in [6.45, 7) is 0. The molecule has 3 heteroatoms. The SMILES string of the molecule is O=C(O)O[C@@H]1CC12CCCCC2. The fraction of sp³-hybridized carbons (Fsp3) is 0.889. The van der Waals surface area contributed by atoms with Crippen LogP contribution in [-0.2, 0) is 4.74 Å². The Labute approximate surface area is 71.7 Å². The highest BCUT2D eigenvalue weighted by Crippen LogP contribution is 2.57. The Morgan fingerprint density at radius 1 is 1.33 bits per heavy atom. The van der Waals surface area contributed by atoms with Gasteiger partial charge in [-0.15, -0.1) is 0 Å². The van der Waals surface area contributed by atoms with E-state index in [1.165, 1.54) is 32.1 Å². The highest BCUT2D eigenvalue weighted by atomic mass is 16.7. The van der Waals surface area contributed by atoms with E-state index in [0.717, 1.165) is 6.42 Å². The van der Waals surface area contributed by atoms with Crippen LogP contribution in [0.4, 0.5) is 4.79 Å². The van der Waals surface area contributed by atoms with E-state index in [4.69, 9.17) is 9.84 Å². The van der Waals surface area contributed by atoms with Crippen molar-refractivity contribution in [2.45, 2.75) is 44.6 Å². The zero-order valence-electron chi connectivity index (χ0n) is 7.08. The van der Waals surface area contributed by atoms with Crippen LogP contribution in [-0.4, -0.2) is 17.4 Å². The molecule has 2 rings (SSSR count). The third kappa shape index (κ3) is 1.28. The normalized spacial score (nSPS) is 31.5. The number of rotatable bonds is 1. The summed E-state index contributed by atoms with van der Waals surface area (Å²) in [4.78, 5) is 10.3. The maximum absolute atomic E-state index is 10.3. The lowest BCUT2D eigenvalue weighted by atomic mass is 9.86. The maximum atomic E-state index is 10.3. The zero-order valence-corrected chi connectivity index (χ0v) is 7.08. The van der Waals surface area contributed by atoms with Crippen molar-refractivity contribution < 1.29 is 14.6 Å². The molecule has 0 bridgehead atoms. The van der Waals surface area contributed by atoms with E-state index in [1.807, 2.05) is 0 Å². The Morgan fingerprint density at radius 2 is 2.00 bits per heavy atom. The van der Waals surface area contributed by atoms with Gasteiger partial charge in [-0.3, -0.25) is 0 Å². The van der Waals surface area contributed by atoms with E-state index in [0.29, 0.717) is 0 Å². The van der Waals surface area contributed by atoms with Crippen LogP contribution in [0.25, 0.3) is 0 Å². The second-order valence-corrected chi connectivity index (χ2v) is 4.00. The lowest BCUT2D eigenvalue weighted by Crippen LogP contribution is -2.15. The largest absolute Gasteiger partial charge is 0.506 e. The molecule has 0 unspecified atom stereocenters. The zero-order chi connectivity index (χ0) is 8.60. The average Bonchev–Trinajstić information content (AvgIpc) is 2.63. The van der Waals surface area contributed by atoms with Crippen LogP contribution in [0.3, 0.4) is 0 Å². The lowest BCUT2D eigenvalue weighted by Gasteiger charge is -2.21. The Balaban J connectivity index is 1.86. The van der Waals surface area contributed by atoms with Crippen LogP contribution >= 0.6 is 0 Å². The molecule has 0 aromatic carbocycles. The van der Waals surface area contributed by atoms with Crippen molar-refractivity contribution in [1.29, 1.82) is 0 Å². The summed E-state index contributed by atoms with van der Waals surface area (Å²) in [6.07, 6.45) is 6.04. The molecule has 68 valence electrons. The molecule has 0 amide bonds. The monoisotopic (exact) mass is 170 g/mol. The molecule has 1 N–H and O–H groups in total. The second kappa shape index (κ2) is 2.64. The molecule has 3 nitrogen and oxygen atoms in total. The molecular formula is C9H14O3. The van der Waals surface area contributed by atoms with Crippen molar-refractivity contribution >= 4 is 6.16 Å². The van der Waals surface area contributed by atoms with Crippen molar-refractivity contribution in [2.75, 3.05) is 0 Å². The van der Waals surface area contributed by atoms with Gasteiger partial charge in [-0.1, -0.05) is 19.3 Å². The predicted octanol–water partition coefficient (Wildman–Crippen LogP) is 2.40. The molecule has 2 aliphatic rings. The van der Waals surface area contributed by atoms with Gasteiger partial charge in [-0.25, -0.2) is 4.79 Å². The van der Waals surface area contributed by atoms with Crippen molar-refractivity contribution in [2.24, 2.45) is 5.41 Å². The molecule has 0 radical (unpaired) electrons. The minimum absolute atomic E-state index is 0.0234. The highest BCUT2D eigenvalue weighted by molar-refractivity contribution is 5.57. The summed E-state index contributed by atoms with van der Waals surface area (Å²) in [7, 11) is 0. The van der Waals surface area contributed by atoms with Gasteiger partial charge in [0, 0.05) is 5.41 Å². The first-order valence-corrected chi connectivity index (χ1v) is 4.63. The van der Waals surface area contributed by atoms with Gasteiger partial charge in [-0.05, 0) is 19.3 Å². The first kappa shape index (κ1) is 7.90. The molecule has 0 aliphatic heterocycles. The van der Waals surface area contributed by atoms with Gasteiger partial charge in [0.2, 0.25) is 0 Å². The van der Waals surface area contributed by atoms with Crippen LogP contribution in [0, 0.1) is 5.41 Å². The predicted molar refractivity (Wildman–Crippen MR) is 43.0 cm³/mol. The second-order valence-electron chi connectivity index (χ2n) is 4.00. The first-order valence-electron chi connectivity index (χ1n) is 4.63. The minimum atomic E-state index is -1.11. The third-order valence-electron chi connectivity index (χ3n) is 3.21. The molecule has 12 heavy (non-hydrogen) atoms. The van der Waals surface area contributed by atoms with E-state index in [1.54, 1.807) is 0 Å². The fourth-order valence-electron chi connectivity index (χ4n) is 2.38. The number of hydrogen-bond donors (Lipinski definition) is 1. The third-order valence-corrected chi connectivity index (χ3v) is 3.21. The van der Waals surface area contributed by atoms with Gasteiger partial charge in [0.1, 0.15) is 6.10 Å². The first-order chi connectivity index (χ1) is 5.73. The van der Waals surface area contributed by atoms with Crippen LogP contribution in [0.5, 0.6) is 0 Å². The van der Waals surface area contributed by atoms with Crippen LogP contribution in [0.15, 0.2) is 0 Å². The minimum Gasteiger partial charge on any atom is -0.450 e. The summed E-state index contributed by atoms with van der Waals surface area (Å²) in [5, 5.41) is 8.42. The van der Waals surface area contributed by atoms with Gasteiger partial charge in [0.15, 0.2) is 0 Å². The van der Waals surface area contributed by atoms with Crippen molar-refractivity contribution in [3.8, 4) is 0 Å². The standard InChI is InChI=1S/C9H14O3/c10-8(11)12-7-6-9(7)4-2-1-3-5-9/h7H,1-6H2,(H,10,11)/t7-/m1/s1. The molecule has 2 saturated carbocycles. The molecule has 0 aromatic rings.